The summed E-state index contributed by atoms with van der Waals surface area (Å²) in [5.41, 5.74) is 4.07. The molecule has 0 radical (unpaired) electrons. The van der Waals surface area contributed by atoms with Crippen LogP contribution >= 0.6 is 0 Å². The molecule has 0 atom stereocenters. The molecule has 31 heavy (non-hydrogen) atoms. The molecule has 0 aliphatic carbocycles. The van der Waals surface area contributed by atoms with Gasteiger partial charge in [-0.2, -0.15) is 0 Å². The van der Waals surface area contributed by atoms with Crippen LogP contribution in [0.25, 0.3) is 33.1 Å². The van der Waals surface area contributed by atoms with Crippen LogP contribution in [0.15, 0.2) is 83.4 Å². The van der Waals surface area contributed by atoms with Gasteiger partial charge in [-0.15, -0.1) is 0 Å². The molecule has 5 rings (SSSR count). The molecule has 6 heteroatoms. The molecule has 0 aliphatic heterocycles. The maximum Gasteiger partial charge on any atom is 0.312 e. The molecule has 6 nitrogen and oxygen atoms in total. The summed E-state index contributed by atoms with van der Waals surface area (Å²) in [6, 6.07) is 24.5. The van der Waals surface area contributed by atoms with Crippen molar-refractivity contribution in [3.63, 3.8) is 0 Å². The molecule has 2 heterocycles. The van der Waals surface area contributed by atoms with Gasteiger partial charge in [-0.25, -0.2) is 0 Å². The van der Waals surface area contributed by atoms with Gasteiger partial charge in [0.05, 0.1) is 17.7 Å². The van der Waals surface area contributed by atoms with E-state index >= 15 is 0 Å². The third-order valence-electron chi connectivity index (χ3n) is 5.18. The highest BCUT2D eigenvalue weighted by atomic mass is 16.5. The van der Waals surface area contributed by atoms with Crippen LogP contribution < -0.4 is 0 Å². The minimum Gasteiger partial charge on any atom is -0.457 e. The first-order valence-corrected chi connectivity index (χ1v) is 9.89. The van der Waals surface area contributed by atoms with Gasteiger partial charge in [-0.3, -0.25) is 9.59 Å². The van der Waals surface area contributed by atoms with Crippen LogP contribution in [0, 0.1) is 0 Å². The number of nitrogens with one attached hydrogen (secondary N) is 1. The van der Waals surface area contributed by atoms with Gasteiger partial charge in [0.1, 0.15) is 5.69 Å². The van der Waals surface area contributed by atoms with Crippen molar-refractivity contribution in [3.05, 3.63) is 90.1 Å². The van der Waals surface area contributed by atoms with E-state index in [9.17, 15) is 9.59 Å². The standard InChI is InChI=1S/C25H18N2O4/c28-21(15-30-23(29)14-20-17-10-5-7-13-22(17)31-27-20)24-18-11-4-6-12-19(18)26-25(24)16-8-2-1-3-9-16/h1-13,26H,14-15H2. The summed E-state index contributed by atoms with van der Waals surface area (Å²) in [6.45, 7) is -0.351. The lowest BCUT2D eigenvalue weighted by molar-refractivity contribution is -0.141. The summed E-state index contributed by atoms with van der Waals surface area (Å²) in [5.74, 6) is -0.803. The predicted octanol–water partition coefficient (Wildman–Crippen LogP) is 4.94. The number of nitrogens with zero attached hydrogens (tertiary/aromatic N) is 1. The fourth-order valence-corrected chi connectivity index (χ4v) is 3.72. The van der Waals surface area contributed by atoms with E-state index in [1.54, 1.807) is 6.07 Å². The fraction of sp³-hybridized carbons (Fsp3) is 0.0800. The van der Waals surface area contributed by atoms with E-state index in [-0.39, 0.29) is 18.8 Å². The van der Waals surface area contributed by atoms with E-state index in [2.05, 4.69) is 10.1 Å². The molecular formula is C25H18N2O4. The van der Waals surface area contributed by atoms with E-state index < -0.39 is 5.97 Å². The van der Waals surface area contributed by atoms with Crippen molar-refractivity contribution >= 4 is 33.6 Å². The van der Waals surface area contributed by atoms with Crippen molar-refractivity contribution in [2.45, 2.75) is 6.42 Å². The monoisotopic (exact) mass is 410 g/mol. The Labute approximate surface area is 177 Å². The highest BCUT2D eigenvalue weighted by molar-refractivity contribution is 6.14. The number of fused-ring (bicyclic) bond motifs is 2. The zero-order valence-electron chi connectivity index (χ0n) is 16.5. The minimum atomic E-state index is -0.534. The summed E-state index contributed by atoms with van der Waals surface area (Å²) in [7, 11) is 0. The zero-order chi connectivity index (χ0) is 21.2. The Bertz CT molecular complexity index is 1400. The summed E-state index contributed by atoms with van der Waals surface area (Å²) >= 11 is 0. The molecule has 0 saturated carbocycles. The number of esters is 1. The lowest BCUT2D eigenvalue weighted by atomic mass is 10.0. The first-order valence-electron chi connectivity index (χ1n) is 9.89. The minimum absolute atomic E-state index is 0.0658. The Balaban J connectivity index is 1.37. The van der Waals surface area contributed by atoms with Crippen LogP contribution in [0.4, 0.5) is 0 Å². The Kier molecular flexibility index (Phi) is 4.80. The van der Waals surface area contributed by atoms with Gasteiger partial charge in [0, 0.05) is 16.3 Å². The van der Waals surface area contributed by atoms with Gasteiger partial charge < -0.3 is 14.2 Å². The maximum absolute atomic E-state index is 13.1. The highest BCUT2D eigenvalue weighted by Gasteiger charge is 2.21. The highest BCUT2D eigenvalue weighted by Crippen LogP contribution is 2.30. The van der Waals surface area contributed by atoms with Gasteiger partial charge >= 0.3 is 5.97 Å². The number of ether oxygens (including phenoxy) is 1. The van der Waals surface area contributed by atoms with E-state index in [0.717, 1.165) is 21.9 Å². The molecule has 5 aromatic rings. The van der Waals surface area contributed by atoms with Crippen molar-refractivity contribution in [3.8, 4) is 11.3 Å². The van der Waals surface area contributed by atoms with Gasteiger partial charge in [0.15, 0.2) is 12.2 Å². The van der Waals surface area contributed by atoms with Crippen LogP contribution in [-0.4, -0.2) is 28.5 Å². The van der Waals surface area contributed by atoms with E-state index in [4.69, 9.17) is 9.26 Å². The average Bonchev–Trinajstić information content (AvgIpc) is 3.40. The molecular weight excluding hydrogens is 392 g/mol. The second-order valence-electron chi connectivity index (χ2n) is 7.17. The van der Waals surface area contributed by atoms with E-state index in [1.165, 1.54) is 0 Å². The second kappa shape index (κ2) is 7.91. The lowest BCUT2D eigenvalue weighted by Gasteiger charge is -2.06. The molecule has 1 N–H and O–H groups in total. The number of para-hydroxylation sites is 2. The van der Waals surface area contributed by atoms with Crippen LogP contribution in [0.2, 0.25) is 0 Å². The van der Waals surface area contributed by atoms with Gasteiger partial charge in [0.25, 0.3) is 0 Å². The first-order chi connectivity index (χ1) is 15.2. The molecule has 0 spiro atoms. The molecule has 2 aromatic heterocycles. The Morgan fingerprint density at radius 3 is 2.42 bits per heavy atom. The van der Waals surface area contributed by atoms with Crippen molar-refractivity contribution in [2.24, 2.45) is 0 Å². The average molecular weight is 410 g/mol. The Morgan fingerprint density at radius 1 is 0.871 bits per heavy atom. The first kappa shape index (κ1) is 18.8. The van der Waals surface area contributed by atoms with Crippen LogP contribution in [0.1, 0.15) is 16.1 Å². The Morgan fingerprint density at radius 2 is 1.58 bits per heavy atom. The number of aromatic nitrogens is 2. The van der Waals surface area contributed by atoms with Crippen molar-refractivity contribution in [1.82, 2.24) is 10.1 Å². The molecule has 0 amide bonds. The second-order valence-corrected chi connectivity index (χ2v) is 7.17. The number of carbonyl (C=O) groups excluding carboxylic acids is 2. The number of H-pyrrole nitrogens is 1. The zero-order valence-corrected chi connectivity index (χ0v) is 16.5. The molecule has 0 bridgehead atoms. The smallest absolute Gasteiger partial charge is 0.312 e. The quantitative estimate of drug-likeness (QED) is 0.316. The largest absolute Gasteiger partial charge is 0.457 e. The number of hydrogen-bond donors (Lipinski definition) is 1. The van der Waals surface area contributed by atoms with Gasteiger partial charge in [0.2, 0.25) is 5.78 Å². The Hall–Kier alpha value is -4.19. The number of carbonyl (C=O) groups is 2. The molecule has 0 aliphatic rings. The van der Waals surface area contributed by atoms with Crippen LogP contribution in [0.3, 0.4) is 0 Å². The van der Waals surface area contributed by atoms with Gasteiger partial charge in [-0.05, 0) is 23.8 Å². The predicted molar refractivity (Wildman–Crippen MR) is 117 cm³/mol. The number of aromatic amines is 1. The molecule has 0 unspecified atom stereocenters. The molecule has 0 fully saturated rings. The van der Waals surface area contributed by atoms with E-state index in [0.29, 0.717) is 22.5 Å². The number of hydrogen-bond acceptors (Lipinski definition) is 5. The van der Waals surface area contributed by atoms with Gasteiger partial charge in [-0.1, -0.05) is 65.8 Å². The summed E-state index contributed by atoms with van der Waals surface area (Å²) in [4.78, 5) is 28.8. The van der Waals surface area contributed by atoms with Crippen LogP contribution in [0.5, 0.6) is 0 Å². The topological polar surface area (TPSA) is 85.2 Å². The maximum atomic E-state index is 13.1. The number of Topliss-reactive ketones (excluding diaryl/α,β-unsaturated/α-hetero) is 1. The molecule has 3 aromatic carbocycles. The SMILES string of the molecule is O=C(Cc1noc2ccccc12)OCC(=O)c1c(-c2ccccc2)[nH]c2ccccc12. The third-order valence-corrected chi connectivity index (χ3v) is 5.18. The number of benzene rings is 3. The normalized spacial score (nSPS) is 11.1. The van der Waals surface area contributed by atoms with Crippen molar-refractivity contribution in [1.29, 1.82) is 0 Å². The fourth-order valence-electron chi connectivity index (χ4n) is 3.72. The molecule has 0 saturated heterocycles. The number of ketones is 1. The van der Waals surface area contributed by atoms with Crippen molar-refractivity contribution < 1.29 is 18.8 Å². The summed E-state index contributed by atoms with van der Waals surface area (Å²) in [5, 5.41) is 5.50. The van der Waals surface area contributed by atoms with Crippen molar-refractivity contribution in [2.75, 3.05) is 6.61 Å². The third kappa shape index (κ3) is 3.59. The van der Waals surface area contributed by atoms with Crippen LogP contribution in [-0.2, 0) is 16.0 Å². The molecule has 152 valence electrons. The lowest BCUT2D eigenvalue weighted by Crippen LogP contribution is -2.16. The summed E-state index contributed by atoms with van der Waals surface area (Å²) in [6.07, 6.45) is -0.0658. The summed E-state index contributed by atoms with van der Waals surface area (Å²) < 4.78 is 10.5. The van der Waals surface area contributed by atoms with E-state index in [1.807, 2.05) is 72.8 Å². The number of rotatable bonds is 6.